The van der Waals surface area contributed by atoms with Crippen molar-refractivity contribution in [3.63, 3.8) is 0 Å². The number of fused-ring (bicyclic) bond motifs is 3. The third kappa shape index (κ3) is 3.37. The van der Waals surface area contributed by atoms with E-state index >= 15 is 0 Å². The molecule has 2 fully saturated rings. The van der Waals surface area contributed by atoms with Crippen molar-refractivity contribution >= 4 is 35.0 Å². The van der Waals surface area contributed by atoms with E-state index in [0.29, 0.717) is 33.7 Å². The van der Waals surface area contributed by atoms with E-state index in [9.17, 15) is 24.3 Å². The highest BCUT2D eigenvalue weighted by atomic mass is 35.5. The van der Waals surface area contributed by atoms with Crippen molar-refractivity contribution < 1.29 is 24.3 Å². The number of Topliss-reactive ketones (excluding diaryl/α,β-unsaturated/α-hetero) is 1. The molecule has 1 saturated heterocycles. The van der Waals surface area contributed by atoms with Gasteiger partial charge in [-0.1, -0.05) is 42.5 Å². The van der Waals surface area contributed by atoms with Crippen LogP contribution in [0.1, 0.15) is 63.4 Å². The van der Waals surface area contributed by atoms with Crippen molar-refractivity contribution in [2.75, 3.05) is 0 Å². The maximum absolute atomic E-state index is 13.9. The van der Waals surface area contributed by atoms with Gasteiger partial charge in [0.05, 0.1) is 11.8 Å². The summed E-state index contributed by atoms with van der Waals surface area (Å²) in [5.74, 6) is -2.83. The molecule has 1 aromatic rings. The highest BCUT2D eigenvalue weighted by Crippen LogP contribution is 2.56. The van der Waals surface area contributed by atoms with Gasteiger partial charge in [-0.2, -0.15) is 0 Å². The van der Waals surface area contributed by atoms with Gasteiger partial charge in [-0.3, -0.25) is 24.1 Å². The number of ketones is 2. The molecule has 1 aliphatic heterocycles. The maximum atomic E-state index is 13.9. The number of halogens is 1. The van der Waals surface area contributed by atoms with E-state index in [1.807, 2.05) is 6.08 Å². The Morgan fingerprint density at radius 1 is 1.00 bits per heavy atom. The second-order valence-electron chi connectivity index (χ2n) is 10.8. The van der Waals surface area contributed by atoms with E-state index < -0.39 is 23.7 Å². The molecule has 0 aromatic heterocycles. The topological polar surface area (TPSA) is 91.8 Å². The van der Waals surface area contributed by atoms with E-state index in [0.717, 1.165) is 37.7 Å². The van der Waals surface area contributed by atoms with Crippen molar-refractivity contribution in [3.05, 3.63) is 63.2 Å². The lowest BCUT2D eigenvalue weighted by molar-refractivity contribution is -0.143. The summed E-state index contributed by atoms with van der Waals surface area (Å²) in [6.07, 6.45) is 8.81. The molecule has 7 heteroatoms. The third-order valence-corrected chi connectivity index (χ3v) is 9.07. The molecule has 36 heavy (non-hydrogen) atoms. The predicted octanol–water partition coefficient (Wildman–Crippen LogP) is 4.81. The Labute approximate surface area is 214 Å². The van der Waals surface area contributed by atoms with Crippen LogP contribution in [0.15, 0.2) is 52.6 Å². The summed E-state index contributed by atoms with van der Waals surface area (Å²) < 4.78 is 0. The normalized spacial score (nSPS) is 30.7. The monoisotopic (exact) mass is 505 g/mol. The number of benzene rings is 1. The van der Waals surface area contributed by atoms with E-state index in [4.69, 9.17) is 11.6 Å². The number of nitrogens with zero attached hydrogens (tertiary/aromatic N) is 1. The van der Waals surface area contributed by atoms with Crippen LogP contribution in [0.3, 0.4) is 0 Å². The van der Waals surface area contributed by atoms with Crippen LogP contribution in [0.5, 0.6) is 5.75 Å². The first-order valence-corrected chi connectivity index (χ1v) is 13.2. The fourth-order valence-electron chi connectivity index (χ4n) is 7.22. The van der Waals surface area contributed by atoms with E-state index in [-0.39, 0.29) is 41.6 Å². The second kappa shape index (κ2) is 8.55. The molecule has 0 bridgehead atoms. The van der Waals surface area contributed by atoms with Crippen LogP contribution >= 0.6 is 11.6 Å². The quantitative estimate of drug-likeness (QED) is 0.354. The van der Waals surface area contributed by atoms with Crippen LogP contribution in [-0.2, 0) is 19.2 Å². The molecule has 4 aliphatic carbocycles. The van der Waals surface area contributed by atoms with Gasteiger partial charge >= 0.3 is 0 Å². The molecule has 4 atom stereocenters. The number of phenols is 1. The zero-order valence-electron chi connectivity index (χ0n) is 20.1. The smallest absolute Gasteiger partial charge is 0.233 e. The number of rotatable bonds is 2. The zero-order valence-corrected chi connectivity index (χ0v) is 20.9. The van der Waals surface area contributed by atoms with Crippen LogP contribution in [0, 0.1) is 17.8 Å². The summed E-state index contributed by atoms with van der Waals surface area (Å²) >= 11 is 6.30. The first kappa shape index (κ1) is 23.4. The number of amides is 2. The number of allylic oxidation sites excluding steroid dienone is 6. The van der Waals surface area contributed by atoms with Gasteiger partial charge in [0.2, 0.25) is 11.8 Å². The molecule has 6 rings (SSSR count). The van der Waals surface area contributed by atoms with Crippen LogP contribution in [0.4, 0.5) is 0 Å². The summed E-state index contributed by atoms with van der Waals surface area (Å²) in [5, 5.41) is 11.2. The van der Waals surface area contributed by atoms with Crippen molar-refractivity contribution in [1.82, 2.24) is 4.90 Å². The van der Waals surface area contributed by atoms with E-state index in [1.165, 1.54) is 17.0 Å². The number of carbonyl (C=O) groups is 4. The zero-order chi connectivity index (χ0) is 25.3. The average molecular weight is 506 g/mol. The minimum absolute atomic E-state index is 0.0240. The predicted molar refractivity (Wildman–Crippen MR) is 133 cm³/mol. The molecule has 5 aliphatic rings. The van der Waals surface area contributed by atoms with Gasteiger partial charge in [0.25, 0.3) is 0 Å². The molecular weight excluding hydrogens is 478 g/mol. The summed E-state index contributed by atoms with van der Waals surface area (Å²) in [5.41, 5.74) is 2.38. The van der Waals surface area contributed by atoms with Crippen molar-refractivity contribution in [1.29, 1.82) is 0 Å². The lowest BCUT2D eigenvalue weighted by atomic mass is 9.59. The van der Waals surface area contributed by atoms with Crippen LogP contribution in [0.2, 0.25) is 5.02 Å². The van der Waals surface area contributed by atoms with Gasteiger partial charge < -0.3 is 5.11 Å². The maximum Gasteiger partial charge on any atom is 0.233 e. The largest absolute Gasteiger partial charge is 0.508 e. The summed E-state index contributed by atoms with van der Waals surface area (Å²) in [4.78, 5) is 55.5. The Morgan fingerprint density at radius 2 is 1.75 bits per heavy atom. The van der Waals surface area contributed by atoms with Gasteiger partial charge in [0.15, 0.2) is 11.6 Å². The summed E-state index contributed by atoms with van der Waals surface area (Å²) in [7, 11) is 0. The summed E-state index contributed by atoms with van der Waals surface area (Å²) in [6, 6.07) is 4.63. The molecule has 6 nitrogen and oxygen atoms in total. The fraction of sp³-hybridized carbons (Fsp3) is 0.448. The first-order valence-electron chi connectivity index (χ1n) is 12.8. The third-order valence-electron chi connectivity index (χ3n) is 8.84. The first-order chi connectivity index (χ1) is 17.3. The Kier molecular flexibility index (Phi) is 5.56. The van der Waals surface area contributed by atoms with Gasteiger partial charge in [0, 0.05) is 39.3 Å². The fourth-order valence-corrected chi connectivity index (χ4v) is 7.40. The Balaban J connectivity index is 1.48. The van der Waals surface area contributed by atoms with Gasteiger partial charge in [-0.05, 0) is 62.8 Å². The SMILES string of the molecule is CC1=CC(=O)C2=C(C[C@@H]3C(=CC[C@@H]4C(=O)N(C5CCCCC5)C(=O)[C@@H]43)[C@@H]2c2cc(Cl)ccc2O)C1=O. The molecule has 1 heterocycles. The molecule has 1 saturated carbocycles. The lowest BCUT2D eigenvalue weighted by Gasteiger charge is -2.42. The molecule has 1 N–H and O–H groups in total. The Morgan fingerprint density at radius 3 is 2.50 bits per heavy atom. The van der Waals surface area contributed by atoms with Gasteiger partial charge in [0.1, 0.15) is 5.75 Å². The van der Waals surface area contributed by atoms with Crippen molar-refractivity contribution in [2.24, 2.45) is 17.8 Å². The molecule has 1 aromatic carbocycles. The number of likely N-dealkylation sites (tertiary alicyclic amines) is 1. The average Bonchev–Trinajstić information content (AvgIpc) is 3.13. The van der Waals surface area contributed by atoms with Crippen molar-refractivity contribution in [2.45, 2.75) is 63.8 Å². The number of aromatic hydroxyl groups is 1. The van der Waals surface area contributed by atoms with Gasteiger partial charge in [-0.25, -0.2) is 0 Å². The van der Waals surface area contributed by atoms with Gasteiger partial charge in [-0.15, -0.1) is 0 Å². The van der Waals surface area contributed by atoms with E-state index in [1.54, 1.807) is 19.1 Å². The molecule has 186 valence electrons. The Hall–Kier alpha value is -2.99. The molecule has 0 spiro atoms. The number of hydrogen-bond donors (Lipinski definition) is 1. The van der Waals surface area contributed by atoms with Crippen LogP contribution < -0.4 is 0 Å². The highest BCUT2D eigenvalue weighted by molar-refractivity contribution is 6.30. The molecule has 2 amide bonds. The lowest BCUT2D eigenvalue weighted by Crippen LogP contribution is -2.43. The van der Waals surface area contributed by atoms with Crippen LogP contribution in [-0.4, -0.2) is 39.4 Å². The van der Waals surface area contributed by atoms with Crippen LogP contribution in [0.25, 0.3) is 0 Å². The standard InChI is InChI=1S/C29H28ClNO5/c1-14-11-23(33)26-21(27(14)34)13-19-17(24(26)20-12-15(30)7-10-22(20)32)8-9-18-25(19)29(36)31(28(18)35)16-5-3-2-4-6-16/h7-8,10-12,16,18-19,24-25,32H,2-6,9,13H2,1H3/t18-,19+,24+,25-/m0/s1. The number of imide groups is 1. The number of phenolic OH excluding ortho intramolecular Hbond substituents is 1. The molecule has 0 radical (unpaired) electrons. The highest BCUT2D eigenvalue weighted by Gasteiger charge is 2.57. The summed E-state index contributed by atoms with van der Waals surface area (Å²) in [6.45, 7) is 1.62. The minimum Gasteiger partial charge on any atom is -0.508 e. The Bertz CT molecular complexity index is 1310. The second-order valence-corrected chi connectivity index (χ2v) is 11.2. The number of carbonyl (C=O) groups excluding carboxylic acids is 4. The minimum atomic E-state index is -0.689. The molecular formula is C29H28ClNO5. The van der Waals surface area contributed by atoms with E-state index in [2.05, 4.69) is 0 Å². The van der Waals surface area contributed by atoms with Crippen molar-refractivity contribution in [3.8, 4) is 5.75 Å². The number of hydrogen-bond acceptors (Lipinski definition) is 5. The molecule has 0 unspecified atom stereocenters.